The number of hydrogen-bond donors (Lipinski definition) is 1. The number of ether oxygens (including phenoxy) is 1. The third kappa shape index (κ3) is 4.12. The Balaban J connectivity index is 2.01. The predicted molar refractivity (Wildman–Crippen MR) is 85.8 cm³/mol. The summed E-state index contributed by atoms with van der Waals surface area (Å²) < 4.78 is 29.5. The maximum Gasteiger partial charge on any atom is 0.227 e. The van der Waals surface area contributed by atoms with Crippen LogP contribution in [0.1, 0.15) is 12.8 Å². The fourth-order valence-corrected chi connectivity index (χ4v) is 3.51. The summed E-state index contributed by atoms with van der Waals surface area (Å²) >= 11 is 5.93. The highest BCUT2D eigenvalue weighted by molar-refractivity contribution is 7.88. The van der Waals surface area contributed by atoms with Crippen LogP contribution in [0, 0.1) is 5.92 Å². The molecule has 6 nitrogen and oxygen atoms in total. The van der Waals surface area contributed by atoms with Crippen molar-refractivity contribution in [1.29, 1.82) is 0 Å². The number of methoxy groups -OCH3 is 1. The highest BCUT2D eigenvalue weighted by Gasteiger charge is 2.29. The van der Waals surface area contributed by atoms with Gasteiger partial charge in [0.1, 0.15) is 5.75 Å². The number of benzene rings is 1. The lowest BCUT2D eigenvalue weighted by molar-refractivity contribution is -0.120. The van der Waals surface area contributed by atoms with Crippen molar-refractivity contribution in [2.24, 2.45) is 5.92 Å². The summed E-state index contributed by atoms with van der Waals surface area (Å²) in [4.78, 5) is 12.3. The van der Waals surface area contributed by atoms with Crippen LogP contribution in [0.2, 0.25) is 5.02 Å². The SMILES string of the molecule is COc1ccc(Cl)cc1NC(=O)C1CCN(S(C)(=O)=O)CC1. The van der Waals surface area contributed by atoms with Gasteiger partial charge in [-0.05, 0) is 31.0 Å². The first-order valence-corrected chi connectivity index (χ1v) is 9.13. The number of piperidine rings is 1. The second-order valence-corrected chi connectivity index (χ2v) is 7.69. The van der Waals surface area contributed by atoms with E-state index in [1.54, 1.807) is 18.2 Å². The van der Waals surface area contributed by atoms with E-state index in [-0.39, 0.29) is 11.8 Å². The highest BCUT2D eigenvalue weighted by Crippen LogP contribution is 2.29. The van der Waals surface area contributed by atoms with Crippen LogP contribution in [-0.2, 0) is 14.8 Å². The standard InChI is InChI=1S/C14H19ClN2O4S/c1-21-13-4-3-11(15)9-12(13)16-14(18)10-5-7-17(8-6-10)22(2,19)20/h3-4,9-10H,5-8H2,1-2H3,(H,16,18). The zero-order chi connectivity index (χ0) is 16.3. The molecule has 0 radical (unpaired) electrons. The van der Waals surface area contributed by atoms with Gasteiger partial charge in [-0.3, -0.25) is 4.79 Å². The minimum atomic E-state index is -3.19. The van der Waals surface area contributed by atoms with Crippen molar-refractivity contribution in [2.75, 3.05) is 31.8 Å². The summed E-state index contributed by atoms with van der Waals surface area (Å²) in [6, 6.07) is 4.99. The third-order valence-electron chi connectivity index (χ3n) is 3.71. The molecule has 1 fully saturated rings. The molecule has 1 amide bonds. The quantitative estimate of drug-likeness (QED) is 0.904. The van der Waals surface area contributed by atoms with E-state index in [4.69, 9.17) is 16.3 Å². The summed E-state index contributed by atoms with van der Waals surface area (Å²) in [6.07, 6.45) is 2.19. The van der Waals surface area contributed by atoms with Gasteiger partial charge in [-0.15, -0.1) is 0 Å². The van der Waals surface area contributed by atoms with E-state index in [1.807, 2.05) is 0 Å². The maximum absolute atomic E-state index is 12.3. The van der Waals surface area contributed by atoms with Crippen LogP contribution in [0.15, 0.2) is 18.2 Å². The smallest absolute Gasteiger partial charge is 0.227 e. The van der Waals surface area contributed by atoms with Crippen molar-refractivity contribution in [1.82, 2.24) is 4.31 Å². The fourth-order valence-electron chi connectivity index (χ4n) is 2.46. The Kier molecular flexibility index (Phi) is 5.31. The van der Waals surface area contributed by atoms with Crippen LogP contribution in [0.4, 0.5) is 5.69 Å². The van der Waals surface area contributed by atoms with Gasteiger partial charge in [0.2, 0.25) is 15.9 Å². The van der Waals surface area contributed by atoms with E-state index in [0.717, 1.165) is 0 Å². The number of anilines is 1. The Bertz CT molecular complexity index is 655. The summed E-state index contributed by atoms with van der Waals surface area (Å²) in [5, 5.41) is 3.31. The summed E-state index contributed by atoms with van der Waals surface area (Å²) in [6.45, 7) is 0.729. The van der Waals surface area contributed by atoms with Crippen molar-refractivity contribution in [3.05, 3.63) is 23.2 Å². The van der Waals surface area contributed by atoms with Crippen molar-refractivity contribution >= 4 is 33.2 Å². The van der Waals surface area contributed by atoms with Gasteiger partial charge in [-0.2, -0.15) is 0 Å². The predicted octanol–water partition coefficient (Wildman–Crippen LogP) is 1.96. The van der Waals surface area contributed by atoms with E-state index in [0.29, 0.717) is 42.4 Å². The molecule has 1 aromatic carbocycles. The number of carbonyl (C=O) groups is 1. The Morgan fingerprint density at radius 1 is 1.36 bits per heavy atom. The van der Waals surface area contributed by atoms with Crippen molar-refractivity contribution in [3.8, 4) is 5.75 Å². The molecule has 8 heteroatoms. The van der Waals surface area contributed by atoms with E-state index >= 15 is 0 Å². The molecule has 1 saturated heterocycles. The Morgan fingerprint density at radius 2 is 2.00 bits per heavy atom. The van der Waals surface area contributed by atoms with Crippen molar-refractivity contribution < 1.29 is 17.9 Å². The Hall–Kier alpha value is -1.31. The molecule has 1 N–H and O–H groups in total. The number of halogens is 1. The van der Waals surface area contributed by atoms with Crippen molar-refractivity contribution in [2.45, 2.75) is 12.8 Å². The summed E-state index contributed by atoms with van der Waals surface area (Å²) in [5.74, 6) is 0.168. The number of nitrogens with zero attached hydrogens (tertiary/aromatic N) is 1. The largest absolute Gasteiger partial charge is 0.495 e. The molecule has 2 rings (SSSR count). The average molecular weight is 347 g/mol. The van der Waals surface area contributed by atoms with Crippen molar-refractivity contribution in [3.63, 3.8) is 0 Å². The van der Waals surface area contributed by atoms with Crippen LogP contribution in [0.3, 0.4) is 0 Å². The molecule has 0 atom stereocenters. The number of hydrogen-bond acceptors (Lipinski definition) is 4. The van der Waals surface area contributed by atoms with Gasteiger partial charge >= 0.3 is 0 Å². The molecule has 1 aliphatic rings. The minimum Gasteiger partial charge on any atom is -0.495 e. The monoisotopic (exact) mass is 346 g/mol. The molecular formula is C14H19ClN2O4S. The van der Waals surface area contributed by atoms with Gasteiger partial charge in [0, 0.05) is 24.0 Å². The molecule has 1 heterocycles. The lowest BCUT2D eigenvalue weighted by atomic mass is 9.97. The number of amides is 1. The molecule has 0 bridgehead atoms. The molecule has 0 aromatic heterocycles. The molecular weight excluding hydrogens is 328 g/mol. The van der Waals surface area contributed by atoms with Crippen LogP contribution in [0.25, 0.3) is 0 Å². The summed E-state index contributed by atoms with van der Waals surface area (Å²) in [7, 11) is -1.67. The number of rotatable bonds is 4. The molecule has 0 spiro atoms. The Labute approximate surface area is 135 Å². The first-order valence-electron chi connectivity index (χ1n) is 6.91. The first kappa shape index (κ1) is 17.1. The molecule has 22 heavy (non-hydrogen) atoms. The molecule has 0 saturated carbocycles. The normalized spacial score (nSPS) is 17.2. The van der Waals surface area contributed by atoms with Crippen LogP contribution < -0.4 is 10.1 Å². The lowest BCUT2D eigenvalue weighted by Crippen LogP contribution is -2.40. The lowest BCUT2D eigenvalue weighted by Gasteiger charge is -2.29. The van der Waals surface area contributed by atoms with Crippen LogP contribution in [-0.4, -0.2) is 45.1 Å². The Morgan fingerprint density at radius 3 is 2.55 bits per heavy atom. The minimum absolute atomic E-state index is 0.145. The fraction of sp³-hybridized carbons (Fsp3) is 0.500. The maximum atomic E-state index is 12.3. The average Bonchev–Trinajstić information content (AvgIpc) is 2.46. The second kappa shape index (κ2) is 6.85. The van der Waals surface area contributed by atoms with Crippen LogP contribution in [0.5, 0.6) is 5.75 Å². The highest BCUT2D eigenvalue weighted by atomic mass is 35.5. The van der Waals surface area contributed by atoms with Crippen LogP contribution >= 0.6 is 11.6 Å². The molecule has 0 unspecified atom stereocenters. The van der Waals surface area contributed by atoms with Gasteiger partial charge in [0.15, 0.2) is 0 Å². The molecule has 1 aliphatic heterocycles. The first-order chi connectivity index (χ1) is 10.3. The zero-order valence-electron chi connectivity index (χ0n) is 12.5. The molecule has 1 aromatic rings. The van der Waals surface area contributed by atoms with Gasteiger partial charge in [-0.1, -0.05) is 11.6 Å². The van der Waals surface area contributed by atoms with E-state index in [2.05, 4.69) is 5.32 Å². The number of sulfonamides is 1. The molecule has 122 valence electrons. The summed E-state index contributed by atoms with van der Waals surface area (Å²) in [5.41, 5.74) is 0.519. The third-order valence-corrected chi connectivity index (χ3v) is 5.25. The zero-order valence-corrected chi connectivity index (χ0v) is 14.1. The van der Waals surface area contributed by atoms with E-state index in [1.165, 1.54) is 17.7 Å². The van der Waals surface area contributed by atoms with E-state index in [9.17, 15) is 13.2 Å². The topological polar surface area (TPSA) is 75.7 Å². The van der Waals surface area contributed by atoms with Gasteiger partial charge < -0.3 is 10.1 Å². The van der Waals surface area contributed by atoms with E-state index < -0.39 is 10.0 Å². The second-order valence-electron chi connectivity index (χ2n) is 5.27. The number of carbonyl (C=O) groups excluding carboxylic acids is 1. The van der Waals surface area contributed by atoms with Gasteiger partial charge in [0.25, 0.3) is 0 Å². The molecule has 0 aliphatic carbocycles. The van der Waals surface area contributed by atoms with Gasteiger partial charge in [-0.25, -0.2) is 12.7 Å². The van der Waals surface area contributed by atoms with Gasteiger partial charge in [0.05, 0.1) is 19.1 Å². The number of nitrogens with one attached hydrogen (secondary N) is 1.